The number of rotatable bonds is 6. The number of nitrogens with zero attached hydrogens (tertiary/aromatic N) is 2. The molecule has 1 aliphatic carbocycles. The van der Waals surface area contributed by atoms with Gasteiger partial charge in [0.1, 0.15) is 4.70 Å². The van der Waals surface area contributed by atoms with Gasteiger partial charge in [-0.15, -0.1) is 0 Å². The second-order valence-corrected chi connectivity index (χ2v) is 8.47. The van der Waals surface area contributed by atoms with Gasteiger partial charge < -0.3 is 4.90 Å². The molecule has 0 amide bonds. The number of para-hydroxylation sites is 1. The van der Waals surface area contributed by atoms with Crippen molar-refractivity contribution in [2.24, 2.45) is 5.92 Å². The van der Waals surface area contributed by atoms with Crippen molar-refractivity contribution in [3.05, 3.63) is 35.5 Å². The third kappa shape index (κ3) is 3.66. The van der Waals surface area contributed by atoms with E-state index in [1.807, 2.05) is 11.3 Å². The van der Waals surface area contributed by atoms with Crippen molar-refractivity contribution < 1.29 is 4.57 Å². The van der Waals surface area contributed by atoms with Crippen LogP contribution in [0.4, 0.5) is 0 Å². The van der Waals surface area contributed by atoms with Crippen molar-refractivity contribution in [1.29, 1.82) is 0 Å². The van der Waals surface area contributed by atoms with Crippen LogP contribution in [0.15, 0.2) is 30.5 Å². The van der Waals surface area contributed by atoms with Gasteiger partial charge in [0.05, 0.1) is 0 Å². The van der Waals surface area contributed by atoms with Gasteiger partial charge in [-0.3, -0.25) is 0 Å². The molecule has 2 heterocycles. The minimum Gasteiger partial charge on any atom is -0.377 e. The third-order valence-electron chi connectivity index (χ3n) is 5.67. The van der Waals surface area contributed by atoms with Gasteiger partial charge >= 0.3 is 0 Å². The smallest absolute Gasteiger partial charge is 0.264 e. The Morgan fingerprint density at radius 2 is 1.88 bits per heavy atom. The van der Waals surface area contributed by atoms with Crippen molar-refractivity contribution in [3.63, 3.8) is 0 Å². The van der Waals surface area contributed by atoms with E-state index in [4.69, 9.17) is 0 Å². The highest BCUT2D eigenvalue weighted by Crippen LogP contribution is 2.29. The zero-order chi connectivity index (χ0) is 16.2. The Bertz CT molecular complexity index is 691. The molecule has 1 aliphatic heterocycles. The summed E-state index contributed by atoms with van der Waals surface area (Å²) in [5.74, 6) is 0.999. The molecule has 2 fully saturated rings. The van der Waals surface area contributed by atoms with Crippen LogP contribution in [0.3, 0.4) is 0 Å². The Labute approximate surface area is 149 Å². The monoisotopic (exact) mass is 341 g/mol. The van der Waals surface area contributed by atoms with Gasteiger partial charge in [-0.25, -0.2) is 0 Å². The molecule has 0 N–H and O–H groups in total. The lowest BCUT2D eigenvalue weighted by Crippen LogP contribution is -2.35. The molecule has 0 bridgehead atoms. The highest BCUT2D eigenvalue weighted by Gasteiger charge is 2.20. The molecular weight excluding hydrogens is 312 g/mol. The zero-order valence-electron chi connectivity index (χ0n) is 14.6. The summed E-state index contributed by atoms with van der Waals surface area (Å²) < 4.78 is 3.97. The number of benzene rings is 1. The highest BCUT2D eigenvalue weighted by atomic mass is 32.1. The largest absolute Gasteiger partial charge is 0.377 e. The lowest BCUT2D eigenvalue weighted by molar-refractivity contribution is -0.669. The fourth-order valence-corrected chi connectivity index (χ4v) is 5.39. The van der Waals surface area contributed by atoms with Crippen LogP contribution in [0.5, 0.6) is 0 Å². The fraction of sp³-hybridized carbons (Fsp3) is 0.571. The Morgan fingerprint density at radius 1 is 1.08 bits per heavy atom. The van der Waals surface area contributed by atoms with E-state index in [2.05, 4.69) is 46.0 Å². The maximum atomic E-state index is 2.56. The molecule has 0 unspecified atom stereocenters. The van der Waals surface area contributed by atoms with Crippen molar-refractivity contribution >= 4 is 27.6 Å². The number of hydrogen-bond acceptors (Lipinski definition) is 2. The number of hydrogen-bond donors (Lipinski definition) is 0. The molecular formula is C21H29N2S+. The number of fused-ring (bicyclic) bond motifs is 1. The molecule has 0 atom stereocenters. The lowest BCUT2D eigenvalue weighted by atomic mass is 10.0. The van der Waals surface area contributed by atoms with Crippen LogP contribution in [0.25, 0.3) is 16.3 Å². The van der Waals surface area contributed by atoms with Gasteiger partial charge in [0.25, 0.3) is 5.01 Å². The lowest BCUT2D eigenvalue weighted by Gasteiger charge is -2.09. The van der Waals surface area contributed by atoms with Gasteiger partial charge in [-0.1, -0.05) is 49.2 Å². The first-order valence-electron chi connectivity index (χ1n) is 9.74. The first kappa shape index (κ1) is 16.1. The van der Waals surface area contributed by atoms with Gasteiger partial charge in [-0.2, -0.15) is 4.57 Å². The normalized spacial score (nSPS) is 19.2. The van der Waals surface area contributed by atoms with Gasteiger partial charge in [0, 0.05) is 37.9 Å². The molecule has 2 aliphatic rings. The van der Waals surface area contributed by atoms with Gasteiger partial charge in [0.2, 0.25) is 5.52 Å². The minimum atomic E-state index is 0.999. The van der Waals surface area contributed by atoms with Crippen LogP contribution in [0.1, 0.15) is 56.4 Å². The maximum absolute atomic E-state index is 2.56. The first-order valence-corrected chi connectivity index (χ1v) is 10.6. The average molecular weight is 342 g/mol. The summed E-state index contributed by atoms with van der Waals surface area (Å²) in [4.78, 5) is 2.47. The molecule has 1 saturated carbocycles. The molecule has 24 heavy (non-hydrogen) atoms. The predicted molar refractivity (Wildman–Crippen MR) is 103 cm³/mol. The van der Waals surface area contributed by atoms with Crippen molar-refractivity contribution in [3.8, 4) is 0 Å². The molecule has 1 saturated heterocycles. The van der Waals surface area contributed by atoms with E-state index >= 15 is 0 Å². The van der Waals surface area contributed by atoms with Crippen LogP contribution in [0.2, 0.25) is 0 Å². The van der Waals surface area contributed by atoms with Crippen LogP contribution in [0, 0.1) is 5.92 Å². The molecule has 0 radical (unpaired) electrons. The number of aryl methyl sites for hydroxylation is 1. The summed E-state index contributed by atoms with van der Waals surface area (Å²) in [5, 5.41) is 1.41. The molecule has 0 spiro atoms. The summed E-state index contributed by atoms with van der Waals surface area (Å²) >= 11 is 1.94. The third-order valence-corrected chi connectivity index (χ3v) is 6.80. The van der Waals surface area contributed by atoms with Crippen LogP contribution < -0.4 is 4.57 Å². The summed E-state index contributed by atoms with van der Waals surface area (Å²) in [6.45, 7) is 3.62. The van der Waals surface area contributed by atoms with Crippen molar-refractivity contribution in [2.75, 3.05) is 13.1 Å². The van der Waals surface area contributed by atoms with E-state index in [0.29, 0.717) is 0 Å². The maximum Gasteiger partial charge on any atom is 0.264 e. The Morgan fingerprint density at radius 3 is 2.71 bits per heavy atom. The van der Waals surface area contributed by atoms with Crippen molar-refractivity contribution in [2.45, 2.75) is 57.9 Å². The average Bonchev–Trinajstić information content (AvgIpc) is 3.35. The Kier molecular flexibility index (Phi) is 5.17. The SMILES string of the molecule is C(=C\N1CCCC1)/c1sc2ccccc2[n+]1CCCC1CCCC1. The molecule has 4 rings (SSSR count). The molecule has 2 nitrogen and oxygen atoms in total. The number of thiazole rings is 1. The van der Waals surface area contributed by atoms with Gasteiger partial charge in [-0.05, 0) is 31.2 Å². The molecule has 128 valence electrons. The van der Waals surface area contributed by atoms with E-state index in [-0.39, 0.29) is 0 Å². The van der Waals surface area contributed by atoms with Crippen LogP contribution >= 0.6 is 11.3 Å². The van der Waals surface area contributed by atoms with E-state index in [1.54, 1.807) is 0 Å². The van der Waals surface area contributed by atoms with E-state index in [0.717, 1.165) is 5.92 Å². The minimum absolute atomic E-state index is 0.999. The molecule has 2 aromatic rings. The van der Waals surface area contributed by atoms with E-state index in [9.17, 15) is 0 Å². The van der Waals surface area contributed by atoms with E-state index < -0.39 is 0 Å². The summed E-state index contributed by atoms with van der Waals surface area (Å²) in [6.07, 6.45) is 16.0. The first-order chi connectivity index (χ1) is 11.9. The Hall–Kier alpha value is -1.35. The highest BCUT2D eigenvalue weighted by molar-refractivity contribution is 7.18. The fourth-order valence-electron chi connectivity index (χ4n) is 4.30. The zero-order valence-corrected chi connectivity index (χ0v) is 15.4. The topological polar surface area (TPSA) is 7.12 Å². The summed E-state index contributed by atoms with van der Waals surface area (Å²) in [6, 6.07) is 8.89. The van der Waals surface area contributed by atoms with Gasteiger partial charge in [0.15, 0.2) is 6.54 Å². The molecule has 3 heteroatoms. The second-order valence-electron chi connectivity index (χ2n) is 7.41. The molecule has 1 aromatic carbocycles. The van der Waals surface area contributed by atoms with Crippen LogP contribution in [-0.4, -0.2) is 18.0 Å². The summed E-state index contributed by atoms with van der Waals surface area (Å²) in [5.41, 5.74) is 1.41. The number of aromatic nitrogens is 1. The predicted octanol–water partition coefficient (Wildman–Crippen LogP) is 5.23. The standard InChI is InChI=1S/C21H29N2S/c1-2-9-18(8-1)10-7-16-23-19-11-3-4-12-20(19)24-21(23)13-17-22-14-5-6-15-22/h3-4,11-13,17-18H,1-2,5-10,14-16H2/q+1. The Balaban J connectivity index is 1.50. The van der Waals surface area contributed by atoms with Crippen LogP contribution in [-0.2, 0) is 6.54 Å². The number of likely N-dealkylation sites (tertiary alicyclic amines) is 1. The van der Waals surface area contributed by atoms with Crippen molar-refractivity contribution in [1.82, 2.24) is 4.90 Å². The van der Waals surface area contributed by atoms with E-state index in [1.165, 1.54) is 86.2 Å². The second kappa shape index (κ2) is 7.69. The quantitative estimate of drug-likeness (QED) is 0.653. The summed E-state index contributed by atoms with van der Waals surface area (Å²) in [7, 11) is 0. The molecule has 1 aromatic heterocycles.